The highest BCUT2D eigenvalue weighted by Crippen LogP contribution is 2.25. The molecule has 0 aliphatic heterocycles. The van der Waals surface area contributed by atoms with E-state index < -0.39 is 11.9 Å². The van der Waals surface area contributed by atoms with E-state index in [2.05, 4.69) is 14.7 Å². The number of nitrogens with one attached hydrogen (secondary N) is 1. The molecular formula is C11H10N4O3S. The third-order valence-electron chi connectivity index (χ3n) is 2.36. The molecule has 98 valence electrons. The third kappa shape index (κ3) is 2.52. The molecule has 2 heterocycles. The van der Waals surface area contributed by atoms with Gasteiger partial charge in [0.25, 0.3) is 5.91 Å². The van der Waals surface area contributed by atoms with Gasteiger partial charge in [0, 0.05) is 6.20 Å². The van der Waals surface area contributed by atoms with Gasteiger partial charge in [0.15, 0.2) is 5.69 Å². The van der Waals surface area contributed by atoms with Gasteiger partial charge in [0.1, 0.15) is 10.6 Å². The number of nitrogens with zero attached hydrogens (tertiary/aromatic N) is 2. The van der Waals surface area contributed by atoms with E-state index in [0.717, 1.165) is 11.5 Å². The van der Waals surface area contributed by atoms with E-state index in [4.69, 9.17) is 10.8 Å². The van der Waals surface area contributed by atoms with Crippen molar-refractivity contribution in [3.05, 3.63) is 35.3 Å². The van der Waals surface area contributed by atoms with Crippen LogP contribution in [0, 0.1) is 6.92 Å². The average molecular weight is 278 g/mol. The molecule has 0 saturated carbocycles. The number of aromatic carboxylic acids is 1. The van der Waals surface area contributed by atoms with Crippen molar-refractivity contribution in [3.63, 3.8) is 0 Å². The summed E-state index contributed by atoms with van der Waals surface area (Å²) in [6.45, 7) is 1.56. The van der Waals surface area contributed by atoms with Crippen LogP contribution in [0.25, 0.3) is 0 Å². The second-order valence-electron chi connectivity index (χ2n) is 3.67. The number of anilines is 2. The number of nitrogen functional groups attached to an aromatic ring is 1. The number of carboxylic acid groups (broad SMARTS) is 1. The lowest BCUT2D eigenvalue weighted by molar-refractivity contribution is 0.0697. The number of hydrogen-bond acceptors (Lipinski definition) is 6. The van der Waals surface area contributed by atoms with E-state index in [1.54, 1.807) is 13.0 Å². The van der Waals surface area contributed by atoms with Crippen molar-refractivity contribution in [1.82, 2.24) is 9.36 Å². The summed E-state index contributed by atoms with van der Waals surface area (Å²) in [6, 6.07) is 3.14. The Labute approximate surface area is 112 Å². The van der Waals surface area contributed by atoms with Crippen LogP contribution in [-0.4, -0.2) is 26.3 Å². The first-order valence-electron chi connectivity index (χ1n) is 5.22. The first-order valence-corrected chi connectivity index (χ1v) is 5.99. The van der Waals surface area contributed by atoms with Gasteiger partial charge < -0.3 is 16.2 Å². The van der Waals surface area contributed by atoms with Crippen LogP contribution in [0.15, 0.2) is 18.3 Å². The molecule has 1 amide bonds. The molecule has 0 aliphatic carbocycles. The van der Waals surface area contributed by atoms with E-state index in [1.165, 1.54) is 12.3 Å². The van der Waals surface area contributed by atoms with Crippen molar-refractivity contribution < 1.29 is 14.7 Å². The maximum absolute atomic E-state index is 12.0. The predicted octanol–water partition coefficient (Wildman–Crippen LogP) is 1.38. The topological polar surface area (TPSA) is 118 Å². The minimum Gasteiger partial charge on any atom is -0.478 e. The number of aryl methyl sites for hydroxylation is 1. The fourth-order valence-electron chi connectivity index (χ4n) is 1.48. The van der Waals surface area contributed by atoms with Crippen LogP contribution in [0.2, 0.25) is 0 Å². The van der Waals surface area contributed by atoms with Gasteiger partial charge in [-0.1, -0.05) is 0 Å². The van der Waals surface area contributed by atoms with Gasteiger partial charge in [-0.25, -0.2) is 9.78 Å². The lowest BCUT2D eigenvalue weighted by Crippen LogP contribution is -2.16. The smallest absolute Gasteiger partial charge is 0.340 e. The Morgan fingerprint density at radius 3 is 2.84 bits per heavy atom. The van der Waals surface area contributed by atoms with Crippen molar-refractivity contribution in [1.29, 1.82) is 0 Å². The number of hydrogen-bond donors (Lipinski definition) is 3. The van der Waals surface area contributed by atoms with E-state index >= 15 is 0 Å². The SMILES string of the molecule is Cc1nsc(NC(=O)c2ncccc2N)c1C(=O)O. The van der Waals surface area contributed by atoms with Crippen molar-refractivity contribution in [2.45, 2.75) is 6.92 Å². The van der Waals surface area contributed by atoms with Crippen molar-refractivity contribution >= 4 is 34.1 Å². The standard InChI is InChI=1S/C11H10N4O3S/c1-5-7(11(17)18)10(19-15-5)14-9(16)8-6(12)3-2-4-13-8/h2-4H,12H2,1H3,(H,14,16)(H,17,18). The number of pyridine rings is 1. The zero-order valence-electron chi connectivity index (χ0n) is 9.88. The second kappa shape index (κ2) is 5.02. The number of amides is 1. The van der Waals surface area contributed by atoms with E-state index in [9.17, 15) is 9.59 Å². The first kappa shape index (κ1) is 13.0. The molecule has 19 heavy (non-hydrogen) atoms. The number of carboxylic acids is 1. The minimum atomic E-state index is -1.14. The summed E-state index contributed by atoms with van der Waals surface area (Å²) < 4.78 is 3.90. The van der Waals surface area contributed by atoms with Crippen LogP contribution in [0.5, 0.6) is 0 Å². The highest BCUT2D eigenvalue weighted by molar-refractivity contribution is 7.11. The van der Waals surface area contributed by atoms with Gasteiger partial charge in [-0.2, -0.15) is 4.37 Å². The maximum atomic E-state index is 12.0. The molecule has 0 aromatic carbocycles. The number of carbonyl (C=O) groups is 2. The minimum absolute atomic E-state index is 0.0205. The molecule has 7 nitrogen and oxygen atoms in total. The Balaban J connectivity index is 2.30. The molecule has 8 heteroatoms. The van der Waals surface area contributed by atoms with Crippen LogP contribution in [0.3, 0.4) is 0 Å². The first-order chi connectivity index (χ1) is 9.00. The zero-order valence-corrected chi connectivity index (χ0v) is 10.7. The van der Waals surface area contributed by atoms with Gasteiger partial charge in [-0.05, 0) is 30.6 Å². The molecule has 0 fully saturated rings. The molecule has 2 aromatic rings. The normalized spacial score (nSPS) is 10.2. The fourth-order valence-corrected chi connectivity index (χ4v) is 2.26. The lowest BCUT2D eigenvalue weighted by Gasteiger charge is -2.05. The van der Waals surface area contributed by atoms with Crippen LogP contribution < -0.4 is 11.1 Å². The quantitative estimate of drug-likeness (QED) is 0.780. The highest BCUT2D eigenvalue weighted by atomic mass is 32.1. The largest absolute Gasteiger partial charge is 0.478 e. The van der Waals surface area contributed by atoms with Crippen LogP contribution in [-0.2, 0) is 0 Å². The van der Waals surface area contributed by atoms with Gasteiger partial charge in [-0.3, -0.25) is 4.79 Å². The summed E-state index contributed by atoms with van der Waals surface area (Å²) in [4.78, 5) is 26.9. The summed E-state index contributed by atoms with van der Waals surface area (Å²) in [5, 5.41) is 11.7. The van der Waals surface area contributed by atoms with Gasteiger partial charge >= 0.3 is 5.97 Å². The lowest BCUT2D eigenvalue weighted by atomic mass is 10.2. The number of aromatic nitrogens is 2. The van der Waals surface area contributed by atoms with Crippen molar-refractivity contribution in [2.75, 3.05) is 11.1 Å². The molecule has 0 unspecified atom stereocenters. The monoisotopic (exact) mass is 278 g/mol. The summed E-state index contributed by atoms with van der Waals surface area (Å²) in [5.41, 5.74) is 6.22. The van der Waals surface area contributed by atoms with Crippen molar-refractivity contribution in [2.24, 2.45) is 0 Å². The number of nitrogens with two attached hydrogens (primary N) is 1. The van der Waals surface area contributed by atoms with E-state index in [-0.39, 0.29) is 21.9 Å². The summed E-state index contributed by atoms with van der Waals surface area (Å²) in [5.74, 6) is -1.71. The third-order valence-corrected chi connectivity index (χ3v) is 3.21. The molecule has 0 atom stereocenters. The van der Waals surface area contributed by atoms with Crippen LogP contribution in [0.1, 0.15) is 26.5 Å². The van der Waals surface area contributed by atoms with Gasteiger partial charge in [0.05, 0.1) is 11.4 Å². The highest BCUT2D eigenvalue weighted by Gasteiger charge is 2.20. The molecule has 0 aliphatic rings. The molecule has 0 spiro atoms. The Morgan fingerprint density at radius 2 is 2.21 bits per heavy atom. The Kier molecular flexibility index (Phi) is 3.43. The van der Waals surface area contributed by atoms with Crippen LogP contribution >= 0.6 is 11.5 Å². The summed E-state index contributed by atoms with van der Waals surface area (Å²) in [7, 11) is 0. The Hall–Kier alpha value is -2.48. The summed E-state index contributed by atoms with van der Waals surface area (Å²) in [6.07, 6.45) is 1.43. The average Bonchev–Trinajstić information content (AvgIpc) is 2.70. The molecule has 0 radical (unpaired) electrons. The Morgan fingerprint density at radius 1 is 1.47 bits per heavy atom. The Bertz CT molecular complexity index is 653. The maximum Gasteiger partial charge on any atom is 0.340 e. The number of carbonyl (C=O) groups excluding carboxylic acids is 1. The molecule has 4 N–H and O–H groups in total. The second-order valence-corrected chi connectivity index (χ2v) is 4.45. The zero-order chi connectivity index (χ0) is 14.0. The van der Waals surface area contributed by atoms with Crippen LogP contribution in [0.4, 0.5) is 10.7 Å². The molecule has 0 bridgehead atoms. The summed E-state index contributed by atoms with van der Waals surface area (Å²) >= 11 is 0.902. The van der Waals surface area contributed by atoms with Crippen molar-refractivity contribution in [3.8, 4) is 0 Å². The predicted molar refractivity (Wildman–Crippen MR) is 70.4 cm³/mol. The molecule has 0 saturated heterocycles. The number of rotatable bonds is 3. The molecule has 2 aromatic heterocycles. The molecule has 2 rings (SSSR count). The van der Waals surface area contributed by atoms with Gasteiger partial charge in [-0.15, -0.1) is 0 Å². The van der Waals surface area contributed by atoms with Gasteiger partial charge in [0.2, 0.25) is 0 Å². The van der Waals surface area contributed by atoms with E-state index in [0.29, 0.717) is 5.69 Å². The van der Waals surface area contributed by atoms with E-state index in [1.807, 2.05) is 0 Å². The fraction of sp³-hybridized carbons (Fsp3) is 0.0909. The molecular weight excluding hydrogens is 268 g/mol.